The zero-order valence-corrected chi connectivity index (χ0v) is 12.3. The summed E-state index contributed by atoms with van der Waals surface area (Å²) in [7, 11) is 0. The van der Waals surface area contributed by atoms with E-state index in [0.29, 0.717) is 0 Å². The highest BCUT2D eigenvalue weighted by Crippen LogP contribution is 2.47. The summed E-state index contributed by atoms with van der Waals surface area (Å²) in [6.45, 7) is 4.31. The molecule has 96 valence electrons. The lowest BCUT2D eigenvalue weighted by Crippen LogP contribution is -1.93. The summed E-state index contributed by atoms with van der Waals surface area (Å²) < 4.78 is 0. The second-order valence-electron chi connectivity index (χ2n) is 5.73. The molecule has 0 saturated heterocycles. The lowest BCUT2D eigenvalue weighted by atomic mass is 9.90. The van der Waals surface area contributed by atoms with Crippen LogP contribution in [-0.2, 0) is 5.75 Å². The van der Waals surface area contributed by atoms with Gasteiger partial charge in [0, 0.05) is 44.1 Å². The van der Waals surface area contributed by atoms with Crippen molar-refractivity contribution in [2.45, 2.75) is 24.5 Å². The molecule has 5 rings (SSSR count). The molecule has 2 heteroatoms. The van der Waals surface area contributed by atoms with Gasteiger partial charge in [-0.2, -0.15) is 0 Å². The fourth-order valence-corrected chi connectivity index (χ4v) is 4.70. The number of hydrogen-bond acceptors (Lipinski definition) is 2. The third-order valence-corrected chi connectivity index (χ3v) is 5.69. The Morgan fingerprint density at radius 3 is 2.80 bits per heavy atom. The van der Waals surface area contributed by atoms with Crippen molar-refractivity contribution in [3.8, 4) is 0 Å². The van der Waals surface area contributed by atoms with Crippen molar-refractivity contribution in [3.05, 3.63) is 47.3 Å². The monoisotopic (exact) mass is 275 g/mol. The van der Waals surface area contributed by atoms with Crippen LogP contribution in [0.3, 0.4) is 0 Å². The van der Waals surface area contributed by atoms with Gasteiger partial charge in [-0.05, 0) is 47.9 Å². The van der Waals surface area contributed by atoms with Crippen LogP contribution in [0.5, 0.6) is 0 Å². The van der Waals surface area contributed by atoms with Gasteiger partial charge in [0.05, 0.1) is 0 Å². The van der Waals surface area contributed by atoms with Crippen LogP contribution in [0, 0.1) is 13.8 Å². The Morgan fingerprint density at radius 2 is 1.90 bits per heavy atom. The lowest BCUT2D eigenvalue weighted by Gasteiger charge is -2.15. The Labute approximate surface area is 121 Å². The maximum absolute atomic E-state index is 4.61. The quantitative estimate of drug-likeness (QED) is 0.409. The molecule has 0 spiro atoms. The van der Waals surface area contributed by atoms with Crippen LogP contribution in [-0.4, -0.2) is 4.98 Å². The smallest absolute Gasteiger partial charge is 0.0451 e. The molecule has 1 aliphatic rings. The van der Waals surface area contributed by atoms with Crippen molar-refractivity contribution in [1.82, 2.24) is 4.98 Å². The molecule has 0 unspecified atom stereocenters. The van der Waals surface area contributed by atoms with Crippen molar-refractivity contribution in [2.24, 2.45) is 0 Å². The topological polar surface area (TPSA) is 12.9 Å². The van der Waals surface area contributed by atoms with Crippen LogP contribution in [0.15, 0.2) is 35.4 Å². The molecule has 4 aromatic rings. The number of pyridine rings is 1. The van der Waals surface area contributed by atoms with Crippen molar-refractivity contribution < 1.29 is 0 Å². The summed E-state index contributed by atoms with van der Waals surface area (Å²) in [5, 5.41) is 8.35. The Morgan fingerprint density at radius 1 is 1.00 bits per heavy atom. The molecule has 0 bridgehead atoms. The number of nitrogens with zero attached hydrogens (tertiary/aromatic N) is 1. The largest absolute Gasteiger partial charge is 0.260 e. The summed E-state index contributed by atoms with van der Waals surface area (Å²) in [5.41, 5.74) is 3.94. The fraction of sp³-hybridized carbons (Fsp3) is 0.167. The molecule has 1 aromatic heterocycles. The van der Waals surface area contributed by atoms with E-state index >= 15 is 0 Å². The van der Waals surface area contributed by atoms with E-state index in [1.54, 1.807) is 0 Å². The zero-order chi connectivity index (χ0) is 13.4. The molecular weight excluding hydrogens is 262 g/mol. The van der Waals surface area contributed by atoms with E-state index in [2.05, 4.69) is 43.1 Å². The minimum absolute atomic E-state index is 1.09. The first-order valence-corrected chi connectivity index (χ1v) is 7.92. The molecule has 0 fully saturated rings. The zero-order valence-electron chi connectivity index (χ0n) is 11.4. The number of aromatic nitrogens is 1. The highest BCUT2D eigenvalue weighted by atomic mass is 32.2. The maximum Gasteiger partial charge on any atom is 0.0451 e. The first-order chi connectivity index (χ1) is 9.74. The van der Waals surface area contributed by atoms with Crippen LogP contribution in [0.25, 0.3) is 32.3 Å². The summed E-state index contributed by atoms with van der Waals surface area (Å²) in [4.78, 5) is 6.05. The SMILES string of the molecule is Cc1cc2ccc3c4c(cc5c(C)ncc1c5c24)CS3. The van der Waals surface area contributed by atoms with Gasteiger partial charge >= 0.3 is 0 Å². The van der Waals surface area contributed by atoms with E-state index in [4.69, 9.17) is 0 Å². The molecule has 20 heavy (non-hydrogen) atoms. The Bertz CT molecular complexity index is 1020. The highest BCUT2D eigenvalue weighted by molar-refractivity contribution is 7.99. The summed E-state index contributed by atoms with van der Waals surface area (Å²) >= 11 is 1.96. The van der Waals surface area contributed by atoms with Crippen LogP contribution in [0.4, 0.5) is 0 Å². The average molecular weight is 275 g/mol. The van der Waals surface area contributed by atoms with Gasteiger partial charge in [-0.1, -0.05) is 12.1 Å². The first-order valence-electron chi connectivity index (χ1n) is 6.93. The third-order valence-electron chi connectivity index (χ3n) is 4.58. The van der Waals surface area contributed by atoms with Gasteiger partial charge in [-0.3, -0.25) is 4.98 Å². The Balaban J connectivity index is 2.26. The predicted octanol–water partition coefficient (Wildman–Crippen LogP) is 5.20. The van der Waals surface area contributed by atoms with Crippen LogP contribution < -0.4 is 0 Å². The molecule has 0 aliphatic carbocycles. The summed E-state index contributed by atoms with van der Waals surface area (Å²) in [5.74, 6) is 1.09. The molecule has 0 saturated carbocycles. The van der Waals surface area contributed by atoms with E-state index in [0.717, 1.165) is 11.4 Å². The lowest BCUT2D eigenvalue weighted by molar-refractivity contribution is 1.24. The van der Waals surface area contributed by atoms with E-state index in [9.17, 15) is 0 Å². The van der Waals surface area contributed by atoms with E-state index in [1.165, 1.54) is 48.3 Å². The first kappa shape index (κ1) is 10.9. The van der Waals surface area contributed by atoms with Gasteiger partial charge in [-0.15, -0.1) is 11.8 Å². The molecule has 2 heterocycles. The van der Waals surface area contributed by atoms with Gasteiger partial charge in [0.25, 0.3) is 0 Å². The second-order valence-corrected chi connectivity index (χ2v) is 6.75. The molecule has 1 aliphatic heterocycles. The summed E-state index contributed by atoms with van der Waals surface area (Å²) in [6.07, 6.45) is 2.04. The Hall–Kier alpha value is -1.80. The van der Waals surface area contributed by atoms with Crippen LogP contribution in [0.1, 0.15) is 16.8 Å². The van der Waals surface area contributed by atoms with Gasteiger partial charge in [0.15, 0.2) is 0 Å². The van der Waals surface area contributed by atoms with Crippen LogP contribution in [0.2, 0.25) is 0 Å². The molecule has 0 atom stereocenters. The average Bonchev–Trinajstić information content (AvgIpc) is 2.86. The van der Waals surface area contributed by atoms with Crippen molar-refractivity contribution in [2.75, 3.05) is 0 Å². The van der Waals surface area contributed by atoms with E-state index < -0.39 is 0 Å². The highest BCUT2D eigenvalue weighted by Gasteiger charge is 2.21. The molecule has 0 radical (unpaired) electrons. The third kappa shape index (κ3) is 1.14. The van der Waals surface area contributed by atoms with Crippen molar-refractivity contribution >= 4 is 44.1 Å². The molecule has 0 N–H and O–H groups in total. The number of thioether (sulfide) groups is 1. The molecule has 0 amide bonds. The number of aryl methyl sites for hydroxylation is 2. The van der Waals surface area contributed by atoms with Crippen molar-refractivity contribution in [1.29, 1.82) is 0 Å². The van der Waals surface area contributed by atoms with Crippen molar-refractivity contribution in [3.63, 3.8) is 0 Å². The van der Waals surface area contributed by atoms with Gasteiger partial charge in [0.2, 0.25) is 0 Å². The number of hydrogen-bond donors (Lipinski definition) is 0. The van der Waals surface area contributed by atoms with E-state index in [1.807, 2.05) is 18.0 Å². The van der Waals surface area contributed by atoms with E-state index in [-0.39, 0.29) is 0 Å². The molecular formula is C18H13NS. The fourth-order valence-electron chi connectivity index (χ4n) is 3.62. The minimum Gasteiger partial charge on any atom is -0.260 e. The normalized spacial score (nSPS) is 14.1. The predicted molar refractivity (Wildman–Crippen MR) is 87.0 cm³/mol. The van der Waals surface area contributed by atoms with Gasteiger partial charge in [-0.25, -0.2) is 0 Å². The number of rotatable bonds is 0. The second kappa shape index (κ2) is 3.44. The molecule has 3 aromatic carbocycles. The molecule has 1 nitrogen and oxygen atoms in total. The number of benzene rings is 3. The standard InChI is InChI=1S/C18H13NS/c1-9-5-11-3-4-15-16-12(8-20-15)6-13-10(2)19-7-14(9)18(13)17(11)16/h3-7H,8H2,1-2H3. The minimum atomic E-state index is 1.09. The van der Waals surface area contributed by atoms with Crippen LogP contribution >= 0.6 is 11.8 Å². The van der Waals surface area contributed by atoms with Gasteiger partial charge < -0.3 is 0 Å². The van der Waals surface area contributed by atoms with Gasteiger partial charge in [0.1, 0.15) is 0 Å². The Kier molecular flexibility index (Phi) is 1.88. The summed E-state index contributed by atoms with van der Waals surface area (Å²) in [6, 6.07) is 9.24. The maximum atomic E-state index is 4.61.